The number of thioether (sulfide) groups is 1. The van der Waals surface area contributed by atoms with E-state index in [1.165, 1.54) is 4.88 Å². The summed E-state index contributed by atoms with van der Waals surface area (Å²) < 4.78 is 4.98. The average Bonchev–Trinajstić information content (AvgIpc) is 2.61. The lowest BCUT2D eigenvalue weighted by Crippen LogP contribution is -1.94. The van der Waals surface area contributed by atoms with Gasteiger partial charge in [-0.3, -0.25) is 0 Å². The maximum absolute atomic E-state index is 4.98. The first kappa shape index (κ1) is 11.8. The standard InChI is InChI=1S/C9H16N2OS2/c1-3-10-9-11-6-8(14-9)7-13-5-4-12-2/h6H,3-5,7H2,1-2H3,(H,10,11). The minimum absolute atomic E-state index is 0.823. The van der Waals surface area contributed by atoms with E-state index in [1.54, 1.807) is 18.4 Å². The van der Waals surface area contributed by atoms with Gasteiger partial charge in [-0.15, -0.1) is 11.3 Å². The Labute approximate surface area is 93.3 Å². The van der Waals surface area contributed by atoms with Crippen molar-refractivity contribution in [3.8, 4) is 0 Å². The number of nitrogens with zero attached hydrogens (tertiary/aromatic N) is 1. The topological polar surface area (TPSA) is 34.2 Å². The van der Waals surface area contributed by atoms with Crippen molar-refractivity contribution in [3.05, 3.63) is 11.1 Å². The Kier molecular flexibility index (Phi) is 5.98. The van der Waals surface area contributed by atoms with Crippen molar-refractivity contribution >= 4 is 28.2 Å². The van der Waals surface area contributed by atoms with Gasteiger partial charge in [0.25, 0.3) is 0 Å². The second-order valence-corrected chi connectivity index (χ2v) is 4.93. The van der Waals surface area contributed by atoms with Gasteiger partial charge in [0.1, 0.15) is 0 Å². The number of hydrogen-bond acceptors (Lipinski definition) is 5. The normalized spacial score (nSPS) is 10.4. The van der Waals surface area contributed by atoms with Crippen LogP contribution in [0.2, 0.25) is 0 Å². The number of aromatic nitrogens is 1. The molecule has 0 spiro atoms. The molecule has 1 aromatic rings. The van der Waals surface area contributed by atoms with E-state index in [-0.39, 0.29) is 0 Å². The largest absolute Gasteiger partial charge is 0.384 e. The van der Waals surface area contributed by atoms with E-state index < -0.39 is 0 Å². The highest BCUT2D eigenvalue weighted by atomic mass is 32.2. The highest BCUT2D eigenvalue weighted by Crippen LogP contribution is 2.22. The highest BCUT2D eigenvalue weighted by molar-refractivity contribution is 7.98. The Morgan fingerprint density at radius 2 is 2.50 bits per heavy atom. The zero-order chi connectivity index (χ0) is 10.2. The van der Waals surface area contributed by atoms with Crippen LogP contribution in [0.3, 0.4) is 0 Å². The van der Waals surface area contributed by atoms with E-state index in [4.69, 9.17) is 4.74 Å². The van der Waals surface area contributed by atoms with Gasteiger partial charge in [0, 0.05) is 36.2 Å². The van der Waals surface area contributed by atoms with Crippen LogP contribution in [-0.2, 0) is 10.5 Å². The molecule has 0 radical (unpaired) electrons. The number of anilines is 1. The van der Waals surface area contributed by atoms with Crippen molar-refractivity contribution in [2.45, 2.75) is 12.7 Å². The van der Waals surface area contributed by atoms with Crippen molar-refractivity contribution in [1.82, 2.24) is 4.98 Å². The van der Waals surface area contributed by atoms with E-state index in [1.807, 2.05) is 18.0 Å². The van der Waals surface area contributed by atoms with E-state index in [0.29, 0.717) is 0 Å². The van der Waals surface area contributed by atoms with Crippen molar-refractivity contribution in [3.63, 3.8) is 0 Å². The Morgan fingerprint density at radius 1 is 1.64 bits per heavy atom. The van der Waals surface area contributed by atoms with E-state index in [9.17, 15) is 0 Å². The molecule has 1 rings (SSSR count). The molecule has 0 unspecified atom stereocenters. The van der Waals surface area contributed by atoms with Gasteiger partial charge in [0.2, 0.25) is 0 Å². The monoisotopic (exact) mass is 232 g/mol. The van der Waals surface area contributed by atoms with Gasteiger partial charge in [-0.2, -0.15) is 11.8 Å². The van der Waals surface area contributed by atoms with Crippen LogP contribution in [0.5, 0.6) is 0 Å². The molecule has 3 nitrogen and oxygen atoms in total. The fourth-order valence-electron chi connectivity index (χ4n) is 0.922. The van der Waals surface area contributed by atoms with Crippen molar-refractivity contribution in [1.29, 1.82) is 0 Å². The third-order valence-electron chi connectivity index (χ3n) is 1.56. The van der Waals surface area contributed by atoms with Gasteiger partial charge in [-0.25, -0.2) is 4.98 Å². The van der Waals surface area contributed by atoms with Gasteiger partial charge < -0.3 is 10.1 Å². The third-order valence-corrected chi connectivity index (χ3v) is 3.67. The summed E-state index contributed by atoms with van der Waals surface area (Å²) in [5.74, 6) is 2.08. The quantitative estimate of drug-likeness (QED) is 0.732. The lowest BCUT2D eigenvalue weighted by molar-refractivity contribution is 0.218. The molecule has 0 aliphatic carbocycles. The molecule has 0 amide bonds. The molecule has 0 atom stereocenters. The molecular weight excluding hydrogens is 216 g/mol. The smallest absolute Gasteiger partial charge is 0.182 e. The van der Waals surface area contributed by atoms with Crippen LogP contribution in [0, 0.1) is 0 Å². The summed E-state index contributed by atoms with van der Waals surface area (Å²) in [5, 5.41) is 4.23. The molecule has 1 N–H and O–H groups in total. The van der Waals surface area contributed by atoms with Crippen molar-refractivity contribution in [2.75, 3.05) is 31.3 Å². The molecule has 1 aromatic heterocycles. The Hall–Kier alpha value is -0.260. The molecule has 0 fully saturated rings. The summed E-state index contributed by atoms with van der Waals surface area (Å²) in [4.78, 5) is 5.59. The molecule has 80 valence electrons. The molecule has 1 heterocycles. The first-order valence-electron chi connectivity index (χ1n) is 4.62. The Morgan fingerprint density at radius 3 is 3.21 bits per heavy atom. The van der Waals surface area contributed by atoms with E-state index in [2.05, 4.69) is 17.2 Å². The van der Waals surface area contributed by atoms with Crippen LogP contribution in [0.15, 0.2) is 6.20 Å². The summed E-state index contributed by atoms with van der Waals surface area (Å²) in [6.45, 7) is 3.84. The molecule has 0 bridgehead atoms. The number of thiazole rings is 1. The first-order valence-corrected chi connectivity index (χ1v) is 6.59. The van der Waals surface area contributed by atoms with Crippen LogP contribution in [-0.4, -0.2) is 31.0 Å². The molecule has 0 aliphatic heterocycles. The molecule has 0 aliphatic rings. The molecule has 0 saturated carbocycles. The molecular formula is C9H16N2OS2. The summed E-state index contributed by atoms with van der Waals surface area (Å²) in [7, 11) is 1.73. The van der Waals surface area contributed by atoms with Gasteiger partial charge >= 0.3 is 0 Å². The molecule has 14 heavy (non-hydrogen) atoms. The molecule has 0 aromatic carbocycles. The zero-order valence-corrected chi connectivity index (χ0v) is 10.2. The van der Waals surface area contributed by atoms with E-state index >= 15 is 0 Å². The SMILES string of the molecule is CCNc1ncc(CSCCOC)s1. The minimum atomic E-state index is 0.823. The van der Waals surface area contributed by atoms with Gasteiger partial charge in [0.15, 0.2) is 5.13 Å². The van der Waals surface area contributed by atoms with Gasteiger partial charge in [-0.05, 0) is 6.92 Å². The maximum atomic E-state index is 4.98. The minimum Gasteiger partial charge on any atom is -0.384 e. The first-order chi connectivity index (χ1) is 6.86. The van der Waals surface area contributed by atoms with Gasteiger partial charge in [-0.1, -0.05) is 0 Å². The number of ether oxygens (including phenoxy) is 1. The second kappa shape index (κ2) is 7.09. The summed E-state index contributed by atoms with van der Waals surface area (Å²) in [6.07, 6.45) is 1.95. The lowest BCUT2D eigenvalue weighted by Gasteiger charge is -1.97. The summed E-state index contributed by atoms with van der Waals surface area (Å²) in [6, 6.07) is 0. The van der Waals surface area contributed by atoms with Crippen LogP contribution in [0.25, 0.3) is 0 Å². The zero-order valence-electron chi connectivity index (χ0n) is 8.58. The number of rotatable bonds is 7. The Balaban J connectivity index is 2.22. The van der Waals surface area contributed by atoms with Crippen molar-refractivity contribution < 1.29 is 4.74 Å². The van der Waals surface area contributed by atoms with Crippen LogP contribution in [0.1, 0.15) is 11.8 Å². The van der Waals surface area contributed by atoms with Crippen LogP contribution < -0.4 is 5.32 Å². The predicted octanol–water partition coefficient (Wildman–Crippen LogP) is 2.45. The van der Waals surface area contributed by atoms with E-state index in [0.717, 1.165) is 29.8 Å². The van der Waals surface area contributed by atoms with Gasteiger partial charge in [0.05, 0.1) is 6.61 Å². The van der Waals surface area contributed by atoms with Crippen LogP contribution in [0.4, 0.5) is 5.13 Å². The number of nitrogens with one attached hydrogen (secondary N) is 1. The summed E-state index contributed by atoms with van der Waals surface area (Å²) >= 11 is 3.61. The second-order valence-electron chi connectivity index (χ2n) is 2.71. The maximum Gasteiger partial charge on any atom is 0.182 e. The van der Waals surface area contributed by atoms with Crippen molar-refractivity contribution in [2.24, 2.45) is 0 Å². The average molecular weight is 232 g/mol. The Bertz CT molecular complexity index is 253. The lowest BCUT2D eigenvalue weighted by atomic mass is 10.6. The fourth-order valence-corrected chi connectivity index (χ4v) is 2.79. The fraction of sp³-hybridized carbons (Fsp3) is 0.667. The molecule has 5 heteroatoms. The van der Waals surface area contributed by atoms with Crippen LogP contribution >= 0.6 is 23.1 Å². The number of hydrogen-bond donors (Lipinski definition) is 1. The highest BCUT2D eigenvalue weighted by Gasteiger charge is 2.00. The molecule has 0 saturated heterocycles. The third kappa shape index (κ3) is 4.30. The number of methoxy groups -OCH3 is 1. The summed E-state index contributed by atoms with van der Waals surface area (Å²) in [5.41, 5.74) is 0. The predicted molar refractivity (Wildman–Crippen MR) is 64.3 cm³/mol.